The van der Waals surface area contributed by atoms with E-state index in [2.05, 4.69) is 4.98 Å². The maximum Gasteiger partial charge on any atom is 0.255 e. The molecule has 1 N–H and O–H groups in total. The Hall–Kier alpha value is -1.72. The lowest BCUT2D eigenvalue weighted by atomic mass is 10.1. The number of carbonyl (C=O) groups excluding carboxylic acids is 1. The third kappa shape index (κ3) is 3.00. The second kappa shape index (κ2) is 5.95. The number of likely N-dealkylation sites (N-methyl/N-ethyl adjacent to an activating group) is 1. The van der Waals surface area contributed by atoms with E-state index < -0.39 is 0 Å². The minimum atomic E-state index is -0.115. The number of nitrogens with zero attached hydrogens (tertiary/aromatic N) is 2. The predicted octanol–water partition coefficient (Wildman–Crippen LogP) is 2.18. The average molecular weight is 276 g/mol. The number of aryl methyl sites for hydroxylation is 1. The lowest BCUT2D eigenvalue weighted by Crippen LogP contribution is -2.30. The van der Waals surface area contributed by atoms with Gasteiger partial charge in [-0.05, 0) is 30.5 Å². The van der Waals surface area contributed by atoms with Gasteiger partial charge in [-0.15, -0.1) is 0 Å². The highest BCUT2D eigenvalue weighted by molar-refractivity contribution is 7.08. The summed E-state index contributed by atoms with van der Waals surface area (Å²) in [5.74, 6) is -0.115. The van der Waals surface area contributed by atoms with Crippen molar-refractivity contribution in [2.24, 2.45) is 0 Å². The Kier molecular flexibility index (Phi) is 4.29. The summed E-state index contributed by atoms with van der Waals surface area (Å²) in [5.41, 5.74) is 3.23. The van der Waals surface area contributed by atoms with Crippen molar-refractivity contribution in [3.05, 3.63) is 40.2 Å². The van der Waals surface area contributed by atoms with Crippen LogP contribution in [0.1, 0.15) is 16.1 Å². The SMILES string of the molecule is Cc1nc(-c2ccsc2)ccc1C(=O)N(C)CCO. The summed E-state index contributed by atoms with van der Waals surface area (Å²) in [7, 11) is 1.67. The molecule has 0 aliphatic carbocycles. The van der Waals surface area contributed by atoms with Gasteiger partial charge in [0.2, 0.25) is 0 Å². The highest BCUT2D eigenvalue weighted by atomic mass is 32.1. The molecule has 4 nitrogen and oxygen atoms in total. The molecule has 2 rings (SSSR count). The number of amides is 1. The number of aromatic nitrogens is 1. The lowest BCUT2D eigenvalue weighted by Gasteiger charge is -2.16. The van der Waals surface area contributed by atoms with E-state index in [4.69, 9.17) is 5.11 Å². The van der Waals surface area contributed by atoms with Crippen molar-refractivity contribution in [1.29, 1.82) is 0 Å². The number of pyridine rings is 1. The zero-order chi connectivity index (χ0) is 13.8. The third-order valence-corrected chi connectivity index (χ3v) is 3.60. The van der Waals surface area contributed by atoms with Crippen molar-refractivity contribution in [2.45, 2.75) is 6.92 Å². The highest BCUT2D eigenvalue weighted by Gasteiger charge is 2.15. The number of thiophene rings is 1. The van der Waals surface area contributed by atoms with E-state index in [1.165, 1.54) is 4.90 Å². The number of hydrogen-bond acceptors (Lipinski definition) is 4. The van der Waals surface area contributed by atoms with E-state index in [9.17, 15) is 4.79 Å². The molecule has 2 aromatic rings. The minimum absolute atomic E-state index is 0.0400. The van der Waals surface area contributed by atoms with Crippen LogP contribution >= 0.6 is 11.3 Å². The van der Waals surface area contributed by atoms with Crippen molar-refractivity contribution in [3.63, 3.8) is 0 Å². The molecule has 0 bridgehead atoms. The summed E-state index contributed by atoms with van der Waals surface area (Å²) in [6.45, 7) is 2.11. The Morgan fingerprint density at radius 1 is 1.42 bits per heavy atom. The van der Waals surface area contributed by atoms with Crippen LogP contribution in [0.2, 0.25) is 0 Å². The first-order chi connectivity index (χ1) is 9.13. The molecular formula is C14H16N2O2S. The predicted molar refractivity (Wildman–Crippen MR) is 76.3 cm³/mol. The van der Waals surface area contributed by atoms with Crippen molar-refractivity contribution < 1.29 is 9.90 Å². The molecule has 100 valence electrons. The molecule has 1 amide bonds. The van der Waals surface area contributed by atoms with E-state index in [1.54, 1.807) is 24.5 Å². The number of hydrogen-bond donors (Lipinski definition) is 1. The first-order valence-corrected chi connectivity index (χ1v) is 6.94. The van der Waals surface area contributed by atoms with Crippen LogP contribution < -0.4 is 0 Å². The monoisotopic (exact) mass is 276 g/mol. The Bertz CT molecular complexity index is 567. The zero-order valence-corrected chi connectivity index (χ0v) is 11.8. The first-order valence-electron chi connectivity index (χ1n) is 6.00. The van der Waals surface area contributed by atoms with Crippen LogP contribution in [0.4, 0.5) is 0 Å². The second-order valence-electron chi connectivity index (χ2n) is 4.29. The van der Waals surface area contributed by atoms with Crippen LogP contribution in [0.15, 0.2) is 29.0 Å². The lowest BCUT2D eigenvalue weighted by molar-refractivity contribution is 0.0766. The minimum Gasteiger partial charge on any atom is -0.395 e. The first kappa shape index (κ1) is 13.7. The highest BCUT2D eigenvalue weighted by Crippen LogP contribution is 2.21. The summed E-state index contributed by atoms with van der Waals surface area (Å²) in [4.78, 5) is 18.1. The Morgan fingerprint density at radius 2 is 2.21 bits per heavy atom. The maximum absolute atomic E-state index is 12.1. The molecular weight excluding hydrogens is 260 g/mol. The van der Waals surface area contributed by atoms with Gasteiger partial charge in [0.1, 0.15) is 0 Å². The van der Waals surface area contributed by atoms with E-state index in [1.807, 2.05) is 29.8 Å². The van der Waals surface area contributed by atoms with Gasteiger partial charge in [0, 0.05) is 24.5 Å². The third-order valence-electron chi connectivity index (χ3n) is 2.92. The Balaban J connectivity index is 2.27. The van der Waals surface area contributed by atoms with E-state index in [-0.39, 0.29) is 12.5 Å². The molecule has 2 aromatic heterocycles. The van der Waals surface area contributed by atoms with Crippen LogP contribution in [0, 0.1) is 6.92 Å². The zero-order valence-electron chi connectivity index (χ0n) is 11.0. The van der Waals surface area contributed by atoms with Crippen LogP contribution in [0.5, 0.6) is 0 Å². The molecule has 0 atom stereocenters. The molecule has 0 aromatic carbocycles. The van der Waals surface area contributed by atoms with Crippen LogP contribution in [0.25, 0.3) is 11.3 Å². The number of aliphatic hydroxyl groups is 1. The smallest absolute Gasteiger partial charge is 0.255 e. The van der Waals surface area contributed by atoms with Gasteiger partial charge in [-0.1, -0.05) is 0 Å². The van der Waals surface area contributed by atoms with Gasteiger partial charge in [-0.25, -0.2) is 0 Å². The van der Waals surface area contributed by atoms with Gasteiger partial charge in [0.15, 0.2) is 0 Å². The summed E-state index contributed by atoms with van der Waals surface area (Å²) in [6, 6.07) is 5.66. The molecule has 0 aliphatic heterocycles. The van der Waals surface area contributed by atoms with Gasteiger partial charge in [0.25, 0.3) is 5.91 Å². The van der Waals surface area contributed by atoms with Crippen molar-refractivity contribution in [1.82, 2.24) is 9.88 Å². The van der Waals surface area contributed by atoms with Crippen molar-refractivity contribution in [2.75, 3.05) is 20.2 Å². The molecule has 0 saturated carbocycles. The quantitative estimate of drug-likeness (QED) is 0.931. The Morgan fingerprint density at radius 3 is 2.79 bits per heavy atom. The maximum atomic E-state index is 12.1. The summed E-state index contributed by atoms with van der Waals surface area (Å²) in [6.07, 6.45) is 0. The van der Waals surface area contributed by atoms with Crippen molar-refractivity contribution >= 4 is 17.2 Å². The Labute approximate surface area is 116 Å². The van der Waals surface area contributed by atoms with Gasteiger partial charge in [-0.3, -0.25) is 9.78 Å². The summed E-state index contributed by atoms with van der Waals surface area (Å²) < 4.78 is 0. The van der Waals surface area contributed by atoms with Gasteiger partial charge >= 0.3 is 0 Å². The largest absolute Gasteiger partial charge is 0.395 e. The number of carbonyl (C=O) groups is 1. The van der Waals surface area contributed by atoms with Crippen LogP contribution in [0.3, 0.4) is 0 Å². The number of rotatable bonds is 4. The van der Waals surface area contributed by atoms with Gasteiger partial charge in [0.05, 0.1) is 23.6 Å². The fourth-order valence-corrected chi connectivity index (χ4v) is 2.46. The molecule has 0 aliphatic rings. The normalized spacial score (nSPS) is 10.5. The molecule has 0 unspecified atom stereocenters. The molecule has 19 heavy (non-hydrogen) atoms. The molecule has 0 spiro atoms. The molecule has 5 heteroatoms. The van der Waals surface area contributed by atoms with E-state index >= 15 is 0 Å². The average Bonchev–Trinajstić information content (AvgIpc) is 2.92. The molecule has 0 radical (unpaired) electrons. The van der Waals surface area contributed by atoms with Gasteiger partial charge in [-0.2, -0.15) is 11.3 Å². The van der Waals surface area contributed by atoms with E-state index in [0.29, 0.717) is 17.8 Å². The van der Waals surface area contributed by atoms with Crippen molar-refractivity contribution in [3.8, 4) is 11.3 Å². The topological polar surface area (TPSA) is 53.4 Å². The molecule has 0 saturated heterocycles. The van der Waals surface area contributed by atoms with Crippen LogP contribution in [-0.4, -0.2) is 41.1 Å². The van der Waals surface area contributed by atoms with E-state index in [0.717, 1.165) is 11.3 Å². The molecule has 2 heterocycles. The van der Waals surface area contributed by atoms with Gasteiger partial charge < -0.3 is 10.0 Å². The van der Waals surface area contributed by atoms with Crippen LogP contribution in [-0.2, 0) is 0 Å². The second-order valence-corrected chi connectivity index (χ2v) is 5.07. The summed E-state index contributed by atoms with van der Waals surface area (Å²) >= 11 is 1.62. The fraction of sp³-hybridized carbons (Fsp3) is 0.286. The fourth-order valence-electron chi connectivity index (χ4n) is 1.82. The number of aliphatic hydroxyl groups excluding tert-OH is 1. The molecule has 0 fully saturated rings. The summed E-state index contributed by atoms with van der Waals surface area (Å²) in [5, 5.41) is 12.9. The standard InChI is InChI=1S/C14H16N2O2S/c1-10-12(14(18)16(2)6-7-17)3-4-13(15-10)11-5-8-19-9-11/h3-5,8-9,17H,6-7H2,1-2H3.